The van der Waals surface area contributed by atoms with Crippen molar-refractivity contribution in [2.24, 2.45) is 0 Å². The van der Waals surface area contributed by atoms with Crippen LogP contribution in [0, 0.1) is 0 Å². The Morgan fingerprint density at radius 1 is 1.53 bits per heavy atom. The van der Waals surface area contributed by atoms with Gasteiger partial charge in [0.25, 0.3) is 0 Å². The first-order valence-electron chi connectivity index (χ1n) is 4.25. The highest BCUT2D eigenvalue weighted by molar-refractivity contribution is 6.21. The first-order chi connectivity index (χ1) is 6.97. The van der Waals surface area contributed by atoms with Crippen molar-refractivity contribution in [3.63, 3.8) is 0 Å². The molecule has 0 atom stereocenters. The summed E-state index contributed by atoms with van der Waals surface area (Å²) in [6, 6.07) is 4.93. The zero-order valence-electron chi connectivity index (χ0n) is 7.71. The molecule has 15 heavy (non-hydrogen) atoms. The average Bonchev–Trinajstić information content (AvgIpc) is 2.15. The Labute approximate surface area is 90.5 Å². The number of nitrogens with zero attached hydrogens (tertiary/aromatic N) is 1. The second-order valence-corrected chi connectivity index (χ2v) is 3.43. The van der Waals surface area contributed by atoms with Gasteiger partial charge in [-0.2, -0.15) is 8.78 Å². The van der Waals surface area contributed by atoms with E-state index in [0.717, 1.165) is 0 Å². The maximum Gasteiger partial charge on any atom is 0.322 e. The Morgan fingerprint density at radius 3 is 2.80 bits per heavy atom. The molecule has 1 heterocycles. The first kappa shape index (κ1) is 11.8. The van der Waals surface area contributed by atoms with Crippen molar-refractivity contribution in [2.45, 2.75) is 18.2 Å². The van der Waals surface area contributed by atoms with E-state index in [9.17, 15) is 13.6 Å². The summed E-state index contributed by atoms with van der Waals surface area (Å²) < 4.78 is 24.4. The van der Waals surface area contributed by atoms with Crippen molar-refractivity contribution >= 4 is 23.3 Å². The van der Waals surface area contributed by atoms with Crippen LogP contribution < -0.4 is 5.32 Å². The summed E-state index contributed by atoms with van der Waals surface area (Å²) in [6.45, 7) is 0. The predicted molar refractivity (Wildman–Crippen MR) is 52.9 cm³/mol. The lowest BCUT2D eigenvalue weighted by atomic mass is 10.3. The van der Waals surface area contributed by atoms with Crippen molar-refractivity contribution in [2.75, 3.05) is 5.32 Å². The minimum absolute atomic E-state index is 0.334. The highest BCUT2D eigenvalue weighted by Gasteiger charge is 2.25. The maximum atomic E-state index is 12.2. The van der Waals surface area contributed by atoms with Gasteiger partial charge < -0.3 is 5.32 Å². The van der Waals surface area contributed by atoms with Crippen LogP contribution in [0.15, 0.2) is 24.4 Å². The lowest BCUT2D eigenvalue weighted by Crippen LogP contribution is -2.16. The van der Waals surface area contributed by atoms with Crippen molar-refractivity contribution in [1.82, 2.24) is 4.98 Å². The van der Waals surface area contributed by atoms with Gasteiger partial charge in [-0.25, -0.2) is 4.98 Å². The Kier molecular flexibility index (Phi) is 3.96. The summed E-state index contributed by atoms with van der Waals surface area (Å²) in [7, 11) is 0. The van der Waals surface area contributed by atoms with Crippen LogP contribution in [-0.4, -0.2) is 16.3 Å². The number of rotatable bonds is 4. The molecule has 1 amide bonds. The van der Waals surface area contributed by atoms with Crippen LogP contribution in [0.25, 0.3) is 0 Å². The molecule has 0 bridgehead atoms. The van der Waals surface area contributed by atoms with Gasteiger partial charge in [0.2, 0.25) is 5.91 Å². The molecule has 0 aliphatic carbocycles. The molecule has 1 rings (SSSR count). The van der Waals surface area contributed by atoms with Gasteiger partial charge in [0.05, 0.1) is 0 Å². The third kappa shape index (κ3) is 5.27. The number of carbonyl (C=O) groups excluding carboxylic acids is 1. The molecule has 1 N–H and O–H groups in total. The fourth-order valence-corrected chi connectivity index (χ4v) is 0.992. The van der Waals surface area contributed by atoms with E-state index in [4.69, 9.17) is 0 Å². The zero-order chi connectivity index (χ0) is 11.3. The number of amides is 1. The molecule has 6 heteroatoms. The minimum atomic E-state index is -3.33. The molecule has 0 saturated heterocycles. The van der Waals surface area contributed by atoms with Gasteiger partial charge >= 0.3 is 5.38 Å². The first-order valence-corrected chi connectivity index (χ1v) is 4.63. The van der Waals surface area contributed by atoms with Crippen molar-refractivity contribution in [3.05, 3.63) is 24.4 Å². The molecule has 1 aromatic heterocycles. The standard InChI is InChI=1S/C9H9ClF2N2O/c10-9(11,12)5-4-8(15)14-7-3-1-2-6-13-7/h1-3,6H,4-5H2,(H,13,14,15). The van der Waals surface area contributed by atoms with Crippen LogP contribution in [0.3, 0.4) is 0 Å². The molecular weight excluding hydrogens is 226 g/mol. The van der Waals surface area contributed by atoms with Crippen LogP contribution in [-0.2, 0) is 4.79 Å². The summed E-state index contributed by atoms with van der Waals surface area (Å²) in [5.41, 5.74) is 0. The number of hydrogen-bond donors (Lipinski definition) is 1. The van der Waals surface area contributed by atoms with Crippen LogP contribution in [0.1, 0.15) is 12.8 Å². The topological polar surface area (TPSA) is 42.0 Å². The van der Waals surface area contributed by atoms with Crippen molar-refractivity contribution < 1.29 is 13.6 Å². The zero-order valence-corrected chi connectivity index (χ0v) is 8.47. The van der Waals surface area contributed by atoms with E-state index in [0.29, 0.717) is 5.82 Å². The molecule has 3 nitrogen and oxygen atoms in total. The number of pyridine rings is 1. The van der Waals surface area contributed by atoms with E-state index in [1.807, 2.05) is 0 Å². The molecule has 0 unspecified atom stereocenters. The van der Waals surface area contributed by atoms with E-state index in [1.165, 1.54) is 6.20 Å². The van der Waals surface area contributed by atoms with Gasteiger partial charge in [-0.3, -0.25) is 4.79 Å². The molecule has 82 valence electrons. The van der Waals surface area contributed by atoms with Crippen LogP contribution >= 0.6 is 11.6 Å². The van der Waals surface area contributed by atoms with Crippen molar-refractivity contribution in [1.29, 1.82) is 0 Å². The Balaban J connectivity index is 2.38. The van der Waals surface area contributed by atoms with E-state index < -0.39 is 17.7 Å². The fraction of sp³-hybridized carbons (Fsp3) is 0.333. The van der Waals surface area contributed by atoms with E-state index >= 15 is 0 Å². The SMILES string of the molecule is O=C(CCC(F)(F)Cl)Nc1ccccn1. The van der Waals surface area contributed by atoms with E-state index in [-0.39, 0.29) is 6.42 Å². The number of hydrogen-bond acceptors (Lipinski definition) is 2. The lowest BCUT2D eigenvalue weighted by molar-refractivity contribution is -0.117. The van der Waals surface area contributed by atoms with Crippen LogP contribution in [0.4, 0.5) is 14.6 Å². The number of nitrogens with one attached hydrogen (secondary N) is 1. The number of anilines is 1. The maximum absolute atomic E-state index is 12.2. The van der Waals surface area contributed by atoms with Gasteiger partial charge in [-0.1, -0.05) is 6.07 Å². The normalized spacial score (nSPS) is 11.1. The molecule has 0 aromatic carbocycles. The minimum Gasteiger partial charge on any atom is -0.311 e. The lowest BCUT2D eigenvalue weighted by Gasteiger charge is -2.07. The third-order valence-corrected chi connectivity index (χ3v) is 1.76. The monoisotopic (exact) mass is 234 g/mol. The molecule has 1 aromatic rings. The number of halogens is 3. The summed E-state index contributed by atoms with van der Waals surface area (Å²) in [5.74, 6) is -0.200. The van der Waals surface area contributed by atoms with Crippen LogP contribution in [0.5, 0.6) is 0 Å². The molecule has 0 spiro atoms. The van der Waals surface area contributed by atoms with Crippen molar-refractivity contribution in [3.8, 4) is 0 Å². The Morgan fingerprint density at radius 2 is 2.27 bits per heavy atom. The smallest absolute Gasteiger partial charge is 0.311 e. The summed E-state index contributed by atoms with van der Waals surface area (Å²) in [6.07, 6.45) is 0.464. The van der Waals surface area contributed by atoms with E-state index in [2.05, 4.69) is 21.9 Å². The van der Waals surface area contributed by atoms with Gasteiger partial charge in [-0.05, 0) is 23.7 Å². The highest BCUT2D eigenvalue weighted by Crippen LogP contribution is 2.24. The molecule has 0 fully saturated rings. The summed E-state index contributed by atoms with van der Waals surface area (Å²) >= 11 is 4.65. The molecule has 0 saturated carbocycles. The average molecular weight is 235 g/mol. The number of carbonyl (C=O) groups is 1. The van der Waals surface area contributed by atoms with Gasteiger partial charge in [-0.15, -0.1) is 0 Å². The van der Waals surface area contributed by atoms with Gasteiger partial charge in [0.1, 0.15) is 5.82 Å². The van der Waals surface area contributed by atoms with Crippen LogP contribution in [0.2, 0.25) is 0 Å². The quantitative estimate of drug-likeness (QED) is 0.814. The largest absolute Gasteiger partial charge is 0.322 e. The highest BCUT2D eigenvalue weighted by atomic mass is 35.5. The molecular formula is C9H9ClF2N2O. The number of alkyl halides is 3. The predicted octanol–water partition coefficient (Wildman–Crippen LogP) is 2.63. The molecule has 0 aliphatic heterocycles. The fourth-order valence-electron chi connectivity index (χ4n) is 0.897. The van der Waals surface area contributed by atoms with Gasteiger partial charge in [0, 0.05) is 19.0 Å². The van der Waals surface area contributed by atoms with Gasteiger partial charge in [0.15, 0.2) is 0 Å². The summed E-state index contributed by atoms with van der Waals surface area (Å²) in [4.78, 5) is 14.9. The third-order valence-electron chi connectivity index (χ3n) is 1.57. The second-order valence-electron chi connectivity index (χ2n) is 2.88. The summed E-state index contributed by atoms with van der Waals surface area (Å²) in [5, 5.41) is -0.959. The Bertz CT molecular complexity index is 327. The second kappa shape index (κ2) is 5.02. The Hall–Kier alpha value is -1.23. The van der Waals surface area contributed by atoms with E-state index in [1.54, 1.807) is 18.2 Å². The molecule has 0 aliphatic rings. The number of aromatic nitrogens is 1. The molecule has 0 radical (unpaired) electrons.